The molecule has 1 saturated carbocycles. The Bertz CT molecular complexity index is 338. The van der Waals surface area contributed by atoms with Gasteiger partial charge in [0.1, 0.15) is 0 Å². The Balaban J connectivity index is 2.01. The Morgan fingerprint density at radius 3 is 2.25 bits per heavy atom. The first kappa shape index (κ1) is 11.6. The predicted molar refractivity (Wildman–Crippen MR) is 68.0 cm³/mol. The van der Waals surface area contributed by atoms with E-state index >= 15 is 0 Å². The highest BCUT2D eigenvalue weighted by atomic mass is 15.2. The van der Waals surface area contributed by atoms with Crippen LogP contribution in [0, 0.1) is 5.41 Å². The molecule has 88 valence electrons. The van der Waals surface area contributed by atoms with E-state index in [1.54, 1.807) is 0 Å². The van der Waals surface area contributed by atoms with Gasteiger partial charge in [0.2, 0.25) is 0 Å². The fourth-order valence-electron chi connectivity index (χ4n) is 2.20. The van der Waals surface area contributed by atoms with Crippen molar-refractivity contribution in [3.8, 4) is 0 Å². The Hall–Kier alpha value is -0.860. The Kier molecular flexibility index (Phi) is 3.31. The number of nitrogens with two attached hydrogens (primary N) is 1. The first-order valence-corrected chi connectivity index (χ1v) is 6.22. The van der Waals surface area contributed by atoms with Crippen molar-refractivity contribution in [1.82, 2.24) is 5.43 Å². The maximum atomic E-state index is 5.65. The molecule has 1 unspecified atom stereocenters. The Morgan fingerprint density at radius 2 is 1.81 bits per heavy atom. The minimum Gasteiger partial charge on any atom is -0.271 e. The van der Waals surface area contributed by atoms with Gasteiger partial charge >= 0.3 is 0 Å². The summed E-state index contributed by atoms with van der Waals surface area (Å²) >= 11 is 0. The Labute approximate surface area is 98.2 Å². The number of rotatable bonds is 5. The maximum absolute atomic E-state index is 5.65. The van der Waals surface area contributed by atoms with Crippen molar-refractivity contribution < 1.29 is 0 Å². The molecule has 0 spiro atoms. The molecule has 1 aliphatic carbocycles. The lowest BCUT2D eigenvalue weighted by molar-refractivity contribution is 0.359. The summed E-state index contributed by atoms with van der Waals surface area (Å²) < 4.78 is 0. The van der Waals surface area contributed by atoms with E-state index in [0.717, 1.165) is 12.8 Å². The molecule has 0 bridgehead atoms. The SMILES string of the molecule is CCc1ccc(CC(NN)C2(C)CC2)cc1. The van der Waals surface area contributed by atoms with Crippen LogP contribution in [0.4, 0.5) is 0 Å². The van der Waals surface area contributed by atoms with E-state index in [-0.39, 0.29) is 0 Å². The van der Waals surface area contributed by atoms with Crippen LogP contribution in [-0.4, -0.2) is 6.04 Å². The highest BCUT2D eigenvalue weighted by Crippen LogP contribution is 2.48. The van der Waals surface area contributed by atoms with E-state index in [4.69, 9.17) is 5.84 Å². The van der Waals surface area contributed by atoms with Crippen LogP contribution in [-0.2, 0) is 12.8 Å². The van der Waals surface area contributed by atoms with Gasteiger partial charge in [-0.15, -0.1) is 0 Å². The lowest BCUT2D eigenvalue weighted by Crippen LogP contribution is -2.42. The van der Waals surface area contributed by atoms with Crippen molar-refractivity contribution in [3.05, 3.63) is 35.4 Å². The first-order chi connectivity index (χ1) is 7.68. The van der Waals surface area contributed by atoms with Crippen LogP contribution in [0.25, 0.3) is 0 Å². The second-order valence-electron chi connectivity index (χ2n) is 5.25. The zero-order valence-corrected chi connectivity index (χ0v) is 10.3. The first-order valence-electron chi connectivity index (χ1n) is 6.22. The van der Waals surface area contributed by atoms with Gasteiger partial charge in [-0.25, -0.2) is 0 Å². The van der Waals surface area contributed by atoms with Gasteiger partial charge in [0, 0.05) is 6.04 Å². The molecule has 0 heterocycles. The van der Waals surface area contributed by atoms with Crippen molar-refractivity contribution >= 4 is 0 Å². The van der Waals surface area contributed by atoms with Crippen LogP contribution >= 0.6 is 0 Å². The summed E-state index contributed by atoms with van der Waals surface area (Å²) in [6.45, 7) is 4.50. The highest BCUT2D eigenvalue weighted by Gasteiger charge is 2.44. The van der Waals surface area contributed by atoms with Crippen LogP contribution in [0.2, 0.25) is 0 Å². The minimum absolute atomic E-state index is 0.417. The third-order valence-electron chi connectivity index (χ3n) is 3.95. The fourth-order valence-corrected chi connectivity index (χ4v) is 2.20. The van der Waals surface area contributed by atoms with Gasteiger partial charge in [0.15, 0.2) is 0 Å². The van der Waals surface area contributed by atoms with E-state index in [1.165, 1.54) is 24.0 Å². The average molecular weight is 218 g/mol. The van der Waals surface area contributed by atoms with Gasteiger partial charge in [0.25, 0.3) is 0 Å². The molecule has 2 heteroatoms. The van der Waals surface area contributed by atoms with Crippen LogP contribution in [0.5, 0.6) is 0 Å². The zero-order chi connectivity index (χ0) is 11.6. The number of benzene rings is 1. The molecule has 1 aromatic rings. The second kappa shape index (κ2) is 4.56. The fraction of sp³-hybridized carbons (Fsp3) is 0.571. The molecule has 1 fully saturated rings. The van der Waals surface area contributed by atoms with Gasteiger partial charge in [-0.2, -0.15) is 0 Å². The molecule has 1 atom stereocenters. The molecule has 1 aromatic carbocycles. The van der Waals surface area contributed by atoms with Gasteiger partial charge in [-0.1, -0.05) is 38.1 Å². The normalized spacial score (nSPS) is 19.4. The van der Waals surface area contributed by atoms with Crippen LogP contribution in [0.3, 0.4) is 0 Å². The molecule has 2 nitrogen and oxygen atoms in total. The smallest absolute Gasteiger partial charge is 0.0304 e. The van der Waals surface area contributed by atoms with Crippen molar-refractivity contribution in [3.63, 3.8) is 0 Å². The van der Waals surface area contributed by atoms with E-state index in [9.17, 15) is 0 Å². The van der Waals surface area contributed by atoms with Crippen LogP contribution in [0.15, 0.2) is 24.3 Å². The molecule has 16 heavy (non-hydrogen) atoms. The van der Waals surface area contributed by atoms with Crippen molar-refractivity contribution in [2.24, 2.45) is 11.3 Å². The number of aryl methyl sites for hydroxylation is 1. The van der Waals surface area contributed by atoms with Crippen molar-refractivity contribution in [2.45, 2.75) is 45.6 Å². The second-order valence-corrected chi connectivity index (χ2v) is 5.25. The van der Waals surface area contributed by atoms with Crippen LogP contribution < -0.4 is 11.3 Å². The average Bonchev–Trinajstić information content (AvgIpc) is 3.06. The van der Waals surface area contributed by atoms with Gasteiger partial charge in [-0.3, -0.25) is 11.3 Å². The summed E-state index contributed by atoms with van der Waals surface area (Å²) in [6, 6.07) is 9.32. The largest absolute Gasteiger partial charge is 0.271 e. The van der Waals surface area contributed by atoms with Crippen molar-refractivity contribution in [1.29, 1.82) is 0 Å². The standard InChI is InChI=1S/C14H22N2/c1-3-11-4-6-12(7-5-11)10-13(16-15)14(2)8-9-14/h4-7,13,16H,3,8-10,15H2,1-2H3. The number of hydrazine groups is 1. The van der Waals surface area contributed by atoms with Gasteiger partial charge in [0.05, 0.1) is 0 Å². The topological polar surface area (TPSA) is 38.0 Å². The molecule has 1 aliphatic rings. The number of nitrogens with one attached hydrogen (secondary N) is 1. The summed E-state index contributed by atoms with van der Waals surface area (Å²) in [5, 5.41) is 0. The Morgan fingerprint density at radius 1 is 1.25 bits per heavy atom. The minimum atomic E-state index is 0.417. The lowest BCUT2D eigenvalue weighted by Gasteiger charge is -2.22. The molecule has 2 rings (SSSR count). The maximum Gasteiger partial charge on any atom is 0.0304 e. The number of hydrogen-bond donors (Lipinski definition) is 2. The quantitative estimate of drug-likeness (QED) is 0.588. The highest BCUT2D eigenvalue weighted by molar-refractivity contribution is 5.24. The number of hydrogen-bond acceptors (Lipinski definition) is 2. The lowest BCUT2D eigenvalue weighted by atomic mass is 9.92. The van der Waals surface area contributed by atoms with Crippen molar-refractivity contribution in [2.75, 3.05) is 0 Å². The molecule has 0 saturated heterocycles. The zero-order valence-electron chi connectivity index (χ0n) is 10.3. The molecule has 0 aliphatic heterocycles. The summed E-state index contributed by atoms with van der Waals surface area (Å²) in [7, 11) is 0. The predicted octanol–water partition coefficient (Wildman–Crippen LogP) is 2.42. The molecule has 0 amide bonds. The van der Waals surface area contributed by atoms with Gasteiger partial charge < -0.3 is 0 Å². The van der Waals surface area contributed by atoms with Crippen LogP contribution in [0.1, 0.15) is 37.8 Å². The van der Waals surface area contributed by atoms with E-state index < -0.39 is 0 Å². The van der Waals surface area contributed by atoms with E-state index in [2.05, 4.69) is 43.5 Å². The summed E-state index contributed by atoms with van der Waals surface area (Å²) in [5.74, 6) is 5.65. The molecular weight excluding hydrogens is 196 g/mol. The molecule has 3 N–H and O–H groups in total. The summed E-state index contributed by atoms with van der Waals surface area (Å²) in [4.78, 5) is 0. The molecule has 0 aromatic heterocycles. The van der Waals surface area contributed by atoms with E-state index in [1.807, 2.05) is 0 Å². The monoisotopic (exact) mass is 218 g/mol. The summed E-state index contributed by atoms with van der Waals surface area (Å²) in [5.41, 5.74) is 6.19. The summed E-state index contributed by atoms with van der Waals surface area (Å²) in [6.07, 6.45) is 4.75. The third-order valence-corrected chi connectivity index (χ3v) is 3.95. The third kappa shape index (κ3) is 2.45. The van der Waals surface area contributed by atoms with E-state index in [0.29, 0.717) is 11.5 Å². The molecular formula is C14H22N2. The molecule has 0 radical (unpaired) electrons. The van der Waals surface area contributed by atoms with Gasteiger partial charge in [-0.05, 0) is 42.2 Å².